The number of ether oxygens (including phenoxy) is 1. The number of benzene rings is 1. The molecule has 0 saturated heterocycles. The van der Waals surface area contributed by atoms with Crippen LogP contribution in [0.5, 0.6) is 5.75 Å². The van der Waals surface area contributed by atoms with Gasteiger partial charge in [0.15, 0.2) is 5.60 Å². The molecule has 2 atom stereocenters. The van der Waals surface area contributed by atoms with E-state index in [9.17, 15) is 10.1 Å². The fourth-order valence-electron chi connectivity index (χ4n) is 5.98. The van der Waals surface area contributed by atoms with Gasteiger partial charge in [0, 0.05) is 17.5 Å². The number of carbonyl (C=O) groups excluding carboxylic acids is 1. The summed E-state index contributed by atoms with van der Waals surface area (Å²) >= 11 is 5.92. The van der Waals surface area contributed by atoms with Crippen LogP contribution >= 0.6 is 11.6 Å². The summed E-state index contributed by atoms with van der Waals surface area (Å²) in [6.45, 7) is 3.62. The van der Waals surface area contributed by atoms with Gasteiger partial charge in [0.05, 0.1) is 6.07 Å². The fraction of sp³-hybridized carbons (Fsp3) is 0.636. The zero-order valence-electron chi connectivity index (χ0n) is 16.0. The third kappa shape index (κ3) is 3.55. The van der Waals surface area contributed by atoms with Crippen LogP contribution in [0.2, 0.25) is 5.02 Å². The van der Waals surface area contributed by atoms with Crippen LogP contribution in [0.3, 0.4) is 0 Å². The Labute approximate surface area is 166 Å². The number of nitrogens with zero attached hydrogens (tertiary/aromatic N) is 1. The Morgan fingerprint density at radius 1 is 1.26 bits per heavy atom. The van der Waals surface area contributed by atoms with Crippen LogP contribution in [-0.4, -0.2) is 17.6 Å². The van der Waals surface area contributed by atoms with Crippen molar-refractivity contribution in [1.29, 1.82) is 5.26 Å². The van der Waals surface area contributed by atoms with Gasteiger partial charge in [-0.05, 0) is 93.4 Å². The molecule has 1 amide bonds. The average molecular weight is 387 g/mol. The van der Waals surface area contributed by atoms with E-state index in [0.29, 0.717) is 29.0 Å². The third-order valence-electron chi connectivity index (χ3n) is 6.89. The minimum absolute atomic E-state index is 0.0655. The molecular weight excluding hydrogens is 360 g/mol. The van der Waals surface area contributed by atoms with E-state index in [1.807, 2.05) is 13.8 Å². The SMILES string of the molecule is CC(C)(Oc1ccc(Cl)cc1)C(=O)NC1C2CC3CC1CC(CC#N)(C3)C2. The molecule has 4 saturated carbocycles. The maximum absolute atomic E-state index is 13.0. The van der Waals surface area contributed by atoms with Crippen LogP contribution in [0, 0.1) is 34.5 Å². The van der Waals surface area contributed by atoms with Crippen LogP contribution in [-0.2, 0) is 4.79 Å². The van der Waals surface area contributed by atoms with Crippen LogP contribution in [0.15, 0.2) is 24.3 Å². The molecule has 0 heterocycles. The van der Waals surface area contributed by atoms with Crippen LogP contribution < -0.4 is 10.1 Å². The first-order chi connectivity index (χ1) is 12.8. The second-order valence-corrected chi connectivity index (χ2v) is 9.81. The lowest BCUT2D eigenvalue weighted by Gasteiger charge is -2.59. The molecule has 4 nitrogen and oxygen atoms in total. The molecule has 0 aliphatic heterocycles. The van der Waals surface area contributed by atoms with Crippen molar-refractivity contribution in [3.05, 3.63) is 29.3 Å². The Morgan fingerprint density at radius 2 is 1.89 bits per heavy atom. The number of hydrogen-bond acceptors (Lipinski definition) is 3. The van der Waals surface area contributed by atoms with E-state index < -0.39 is 5.60 Å². The number of nitrogens with one attached hydrogen (secondary N) is 1. The van der Waals surface area contributed by atoms with Crippen molar-refractivity contribution in [2.45, 2.75) is 64.0 Å². The van der Waals surface area contributed by atoms with Crippen LogP contribution in [0.1, 0.15) is 52.4 Å². The quantitative estimate of drug-likeness (QED) is 0.796. The first-order valence-electron chi connectivity index (χ1n) is 9.93. The molecule has 144 valence electrons. The Bertz CT molecular complexity index is 752. The number of carbonyl (C=O) groups is 1. The van der Waals surface area contributed by atoms with Gasteiger partial charge in [-0.2, -0.15) is 5.26 Å². The van der Waals surface area contributed by atoms with Crippen molar-refractivity contribution < 1.29 is 9.53 Å². The van der Waals surface area contributed by atoms with Crippen molar-refractivity contribution >= 4 is 17.5 Å². The highest BCUT2D eigenvalue weighted by molar-refractivity contribution is 6.30. The highest BCUT2D eigenvalue weighted by Crippen LogP contribution is 2.61. The molecule has 0 spiro atoms. The lowest BCUT2D eigenvalue weighted by Crippen LogP contribution is -2.61. The van der Waals surface area contributed by atoms with E-state index in [4.69, 9.17) is 16.3 Å². The molecule has 1 aromatic carbocycles. The summed E-state index contributed by atoms with van der Waals surface area (Å²) < 4.78 is 5.96. The van der Waals surface area contributed by atoms with Gasteiger partial charge in [-0.15, -0.1) is 0 Å². The number of hydrogen-bond donors (Lipinski definition) is 1. The van der Waals surface area contributed by atoms with Crippen molar-refractivity contribution in [3.8, 4) is 11.8 Å². The standard InChI is InChI=1S/C22H27ClN2O2/c1-21(2,27-18-5-3-17(23)4-6-18)20(26)25-19-15-9-14-10-16(19)13-22(11-14,12-15)7-8-24/h3-6,14-16,19H,7,9-13H2,1-2H3,(H,25,26). The van der Waals surface area contributed by atoms with Crippen molar-refractivity contribution in [2.24, 2.45) is 23.2 Å². The Kier molecular flexibility index (Phi) is 4.63. The Balaban J connectivity index is 1.44. The summed E-state index contributed by atoms with van der Waals surface area (Å²) in [7, 11) is 0. The van der Waals surface area contributed by atoms with Crippen molar-refractivity contribution in [3.63, 3.8) is 0 Å². The molecule has 4 aliphatic carbocycles. The third-order valence-corrected chi connectivity index (χ3v) is 7.14. The summed E-state index contributed by atoms with van der Waals surface area (Å²) in [4.78, 5) is 13.0. The van der Waals surface area contributed by atoms with Gasteiger partial charge in [-0.25, -0.2) is 0 Å². The maximum Gasteiger partial charge on any atom is 0.263 e. The largest absolute Gasteiger partial charge is 0.478 e. The summed E-state index contributed by atoms with van der Waals surface area (Å²) in [5.41, 5.74) is -0.741. The fourth-order valence-corrected chi connectivity index (χ4v) is 6.11. The van der Waals surface area contributed by atoms with Crippen molar-refractivity contribution in [1.82, 2.24) is 5.32 Å². The van der Waals surface area contributed by atoms with E-state index in [0.717, 1.165) is 18.8 Å². The van der Waals surface area contributed by atoms with Gasteiger partial charge in [-0.1, -0.05) is 11.6 Å². The first kappa shape index (κ1) is 18.6. The smallest absolute Gasteiger partial charge is 0.263 e. The molecule has 4 aliphatic rings. The van der Waals surface area contributed by atoms with Gasteiger partial charge >= 0.3 is 0 Å². The summed E-state index contributed by atoms with van der Waals surface area (Å²) in [5.74, 6) is 2.31. The van der Waals surface area contributed by atoms with E-state index in [1.54, 1.807) is 24.3 Å². The summed E-state index contributed by atoms with van der Waals surface area (Å²) in [6, 6.07) is 9.73. The molecule has 4 fully saturated rings. The molecule has 1 N–H and O–H groups in total. The molecule has 5 heteroatoms. The Hall–Kier alpha value is -1.73. The zero-order valence-corrected chi connectivity index (χ0v) is 16.8. The Morgan fingerprint density at radius 3 is 2.48 bits per heavy atom. The molecule has 1 aromatic rings. The molecule has 0 radical (unpaired) electrons. The second kappa shape index (κ2) is 6.71. The van der Waals surface area contributed by atoms with Gasteiger partial charge in [-0.3, -0.25) is 4.79 Å². The van der Waals surface area contributed by atoms with Gasteiger partial charge < -0.3 is 10.1 Å². The first-order valence-corrected chi connectivity index (χ1v) is 10.3. The monoisotopic (exact) mass is 386 g/mol. The molecule has 2 unspecified atom stereocenters. The van der Waals surface area contributed by atoms with E-state index >= 15 is 0 Å². The second-order valence-electron chi connectivity index (χ2n) is 9.37. The van der Waals surface area contributed by atoms with Crippen molar-refractivity contribution in [2.75, 3.05) is 0 Å². The topological polar surface area (TPSA) is 62.1 Å². The van der Waals surface area contributed by atoms with E-state index in [2.05, 4.69) is 11.4 Å². The predicted molar refractivity (Wildman–Crippen MR) is 104 cm³/mol. The molecule has 27 heavy (non-hydrogen) atoms. The number of rotatable bonds is 5. The predicted octanol–water partition coefficient (Wildman–Crippen LogP) is 4.72. The minimum Gasteiger partial charge on any atom is -0.478 e. The number of halogens is 1. The van der Waals surface area contributed by atoms with Gasteiger partial charge in [0.1, 0.15) is 5.75 Å². The lowest BCUT2D eigenvalue weighted by molar-refractivity contribution is -0.140. The van der Waals surface area contributed by atoms with Crippen LogP contribution in [0.25, 0.3) is 0 Å². The highest BCUT2D eigenvalue weighted by atomic mass is 35.5. The average Bonchev–Trinajstić information content (AvgIpc) is 2.59. The minimum atomic E-state index is -0.952. The molecule has 5 rings (SSSR count). The summed E-state index contributed by atoms with van der Waals surface area (Å²) in [5, 5.41) is 13.2. The lowest BCUT2D eigenvalue weighted by atomic mass is 9.47. The van der Waals surface area contributed by atoms with Gasteiger partial charge in [0.25, 0.3) is 5.91 Å². The molecule has 0 aromatic heterocycles. The normalized spacial score (nSPS) is 34.1. The summed E-state index contributed by atoms with van der Waals surface area (Å²) in [6.07, 6.45) is 6.41. The number of nitriles is 1. The zero-order chi connectivity index (χ0) is 19.2. The van der Waals surface area contributed by atoms with Gasteiger partial charge in [0.2, 0.25) is 0 Å². The molecular formula is C22H27ClN2O2. The van der Waals surface area contributed by atoms with E-state index in [1.165, 1.54) is 19.3 Å². The molecule has 4 bridgehead atoms. The maximum atomic E-state index is 13.0. The highest BCUT2D eigenvalue weighted by Gasteiger charge is 2.55. The van der Waals surface area contributed by atoms with Crippen LogP contribution in [0.4, 0.5) is 0 Å². The van der Waals surface area contributed by atoms with E-state index in [-0.39, 0.29) is 17.4 Å². The number of amides is 1.